The molecule has 4 rings (SSSR count). The molecule has 1 N–H and O–H groups in total. The maximum atomic E-state index is 12.8. The van der Waals surface area contributed by atoms with Crippen LogP contribution in [0.2, 0.25) is 0 Å². The number of hydrogen-bond acceptors (Lipinski definition) is 4. The van der Waals surface area contributed by atoms with Gasteiger partial charge in [0.1, 0.15) is 0 Å². The first kappa shape index (κ1) is 24.1. The lowest BCUT2D eigenvalue weighted by Gasteiger charge is -2.43. The SMILES string of the molecule is CN(C)CC(CC(=O)Nc1ccccc1)N1CCN(C(c2ccccc2)c2ccccc2)CC1. The average molecular weight is 457 g/mol. The summed E-state index contributed by atoms with van der Waals surface area (Å²) in [6, 6.07) is 31.7. The van der Waals surface area contributed by atoms with E-state index < -0.39 is 0 Å². The van der Waals surface area contributed by atoms with Gasteiger partial charge in [-0.25, -0.2) is 0 Å². The number of nitrogens with one attached hydrogen (secondary N) is 1. The van der Waals surface area contributed by atoms with Crippen molar-refractivity contribution in [3.05, 3.63) is 102 Å². The fraction of sp³-hybridized carbons (Fsp3) is 0.345. The van der Waals surface area contributed by atoms with Crippen molar-refractivity contribution in [3.8, 4) is 0 Å². The average Bonchev–Trinajstić information content (AvgIpc) is 2.86. The summed E-state index contributed by atoms with van der Waals surface area (Å²) in [5.74, 6) is 0.0759. The van der Waals surface area contributed by atoms with Crippen molar-refractivity contribution in [2.75, 3.05) is 52.1 Å². The van der Waals surface area contributed by atoms with Crippen molar-refractivity contribution in [3.63, 3.8) is 0 Å². The van der Waals surface area contributed by atoms with Crippen LogP contribution in [0.1, 0.15) is 23.6 Å². The fourth-order valence-electron chi connectivity index (χ4n) is 4.92. The highest BCUT2D eigenvalue weighted by Crippen LogP contribution is 2.30. The van der Waals surface area contributed by atoms with E-state index in [-0.39, 0.29) is 18.0 Å². The molecule has 3 aromatic rings. The quantitative estimate of drug-likeness (QED) is 0.520. The lowest BCUT2D eigenvalue weighted by molar-refractivity contribution is -0.117. The van der Waals surface area contributed by atoms with E-state index in [2.05, 4.69) is 94.8 Å². The van der Waals surface area contributed by atoms with Gasteiger partial charge in [-0.05, 0) is 37.4 Å². The van der Waals surface area contributed by atoms with E-state index in [1.807, 2.05) is 30.3 Å². The van der Waals surface area contributed by atoms with Crippen LogP contribution in [-0.4, -0.2) is 73.5 Å². The minimum atomic E-state index is 0.0759. The van der Waals surface area contributed by atoms with Crippen LogP contribution in [0.15, 0.2) is 91.0 Å². The van der Waals surface area contributed by atoms with Crippen molar-refractivity contribution >= 4 is 11.6 Å². The van der Waals surface area contributed by atoms with Gasteiger partial charge < -0.3 is 10.2 Å². The van der Waals surface area contributed by atoms with Gasteiger partial charge in [0, 0.05) is 50.9 Å². The molecule has 1 heterocycles. The fourth-order valence-corrected chi connectivity index (χ4v) is 4.92. The Kier molecular flexibility index (Phi) is 8.47. The second kappa shape index (κ2) is 11.9. The van der Waals surface area contributed by atoms with E-state index in [0.29, 0.717) is 6.42 Å². The molecular weight excluding hydrogens is 420 g/mol. The standard InChI is InChI=1S/C29H36N4O/c1-31(2)23-27(22-28(34)30-26-16-10-5-11-17-26)32-18-20-33(21-19-32)29(24-12-6-3-7-13-24)25-14-8-4-9-15-25/h3-17,27,29H,18-23H2,1-2H3,(H,30,34). The predicted molar refractivity (Wildman–Crippen MR) is 140 cm³/mol. The van der Waals surface area contributed by atoms with Crippen molar-refractivity contribution in [2.45, 2.75) is 18.5 Å². The van der Waals surface area contributed by atoms with E-state index in [9.17, 15) is 4.79 Å². The van der Waals surface area contributed by atoms with Gasteiger partial charge in [0.2, 0.25) is 5.91 Å². The highest BCUT2D eigenvalue weighted by Gasteiger charge is 2.30. The number of rotatable bonds is 9. The zero-order chi connectivity index (χ0) is 23.8. The molecule has 0 aromatic heterocycles. The summed E-state index contributed by atoms with van der Waals surface area (Å²) in [7, 11) is 4.17. The third kappa shape index (κ3) is 6.54. The first-order valence-corrected chi connectivity index (χ1v) is 12.2. The Hall–Kier alpha value is -2.99. The molecule has 0 spiro atoms. The molecule has 1 atom stereocenters. The number of anilines is 1. The topological polar surface area (TPSA) is 38.8 Å². The van der Waals surface area contributed by atoms with Gasteiger partial charge in [-0.1, -0.05) is 78.9 Å². The third-order valence-corrected chi connectivity index (χ3v) is 6.52. The summed E-state index contributed by atoms with van der Waals surface area (Å²) in [5, 5.41) is 3.06. The van der Waals surface area contributed by atoms with Crippen LogP contribution in [0.3, 0.4) is 0 Å². The number of carbonyl (C=O) groups excluding carboxylic acids is 1. The number of piperazine rings is 1. The summed E-state index contributed by atoms with van der Waals surface area (Å²) < 4.78 is 0. The Morgan fingerprint density at radius 2 is 1.24 bits per heavy atom. The molecule has 1 amide bonds. The van der Waals surface area contributed by atoms with E-state index >= 15 is 0 Å². The highest BCUT2D eigenvalue weighted by molar-refractivity contribution is 5.91. The largest absolute Gasteiger partial charge is 0.326 e. The molecule has 1 saturated heterocycles. The molecule has 3 aromatic carbocycles. The number of para-hydroxylation sites is 1. The predicted octanol–water partition coefficient (Wildman–Crippen LogP) is 4.35. The molecule has 5 heteroatoms. The first-order chi connectivity index (χ1) is 16.6. The Bertz CT molecular complexity index is 963. The molecule has 34 heavy (non-hydrogen) atoms. The van der Waals surface area contributed by atoms with Crippen LogP contribution in [0.25, 0.3) is 0 Å². The molecule has 0 bridgehead atoms. The molecule has 1 aliphatic rings. The minimum absolute atomic E-state index is 0.0759. The molecular formula is C29H36N4O. The summed E-state index contributed by atoms with van der Waals surface area (Å²) in [6.07, 6.45) is 0.494. The van der Waals surface area contributed by atoms with Crippen molar-refractivity contribution in [1.82, 2.24) is 14.7 Å². The number of carbonyl (C=O) groups is 1. The van der Waals surface area contributed by atoms with E-state index in [4.69, 9.17) is 0 Å². The molecule has 5 nitrogen and oxygen atoms in total. The smallest absolute Gasteiger partial charge is 0.225 e. The van der Waals surface area contributed by atoms with Gasteiger partial charge >= 0.3 is 0 Å². The van der Waals surface area contributed by atoms with Crippen LogP contribution in [0.4, 0.5) is 5.69 Å². The number of amides is 1. The van der Waals surface area contributed by atoms with E-state index in [1.54, 1.807) is 0 Å². The van der Waals surface area contributed by atoms with Crippen LogP contribution < -0.4 is 5.32 Å². The van der Waals surface area contributed by atoms with E-state index in [0.717, 1.165) is 38.4 Å². The molecule has 1 fully saturated rings. The minimum Gasteiger partial charge on any atom is -0.326 e. The first-order valence-electron chi connectivity index (χ1n) is 12.2. The molecule has 1 unspecified atom stereocenters. The number of likely N-dealkylation sites (N-methyl/N-ethyl adjacent to an activating group) is 1. The van der Waals surface area contributed by atoms with Gasteiger partial charge in [-0.15, -0.1) is 0 Å². The third-order valence-electron chi connectivity index (χ3n) is 6.52. The van der Waals surface area contributed by atoms with Gasteiger partial charge in [-0.2, -0.15) is 0 Å². The van der Waals surface area contributed by atoms with Gasteiger partial charge in [-0.3, -0.25) is 14.6 Å². The molecule has 0 saturated carbocycles. The summed E-state index contributed by atoms with van der Waals surface area (Å²) in [5.41, 5.74) is 3.51. The second-order valence-corrected chi connectivity index (χ2v) is 9.33. The maximum absolute atomic E-state index is 12.8. The summed E-state index contributed by atoms with van der Waals surface area (Å²) in [6.45, 7) is 4.71. The van der Waals surface area contributed by atoms with Crippen molar-refractivity contribution in [1.29, 1.82) is 0 Å². The van der Waals surface area contributed by atoms with Crippen molar-refractivity contribution in [2.24, 2.45) is 0 Å². The van der Waals surface area contributed by atoms with Crippen LogP contribution >= 0.6 is 0 Å². The van der Waals surface area contributed by atoms with Crippen molar-refractivity contribution < 1.29 is 4.79 Å². The zero-order valence-electron chi connectivity index (χ0n) is 20.3. The lowest BCUT2D eigenvalue weighted by Crippen LogP contribution is -2.54. The number of benzene rings is 3. The molecule has 0 aliphatic carbocycles. The monoisotopic (exact) mass is 456 g/mol. The second-order valence-electron chi connectivity index (χ2n) is 9.33. The molecule has 0 radical (unpaired) electrons. The van der Waals surface area contributed by atoms with E-state index in [1.165, 1.54) is 11.1 Å². The summed E-state index contributed by atoms with van der Waals surface area (Å²) >= 11 is 0. The number of nitrogens with zero attached hydrogens (tertiary/aromatic N) is 3. The maximum Gasteiger partial charge on any atom is 0.225 e. The van der Waals surface area contributed by atoms with Gasteiger partial charge in [0.25, 0.3) is 0 Å². The zero-order valence-corrected chi connectivity index (χ0v) is 20.3. The number of hydrogen-bond donors (Lipinski definition) is 1. The molecule has 1 aliphatic heterocycles. The van der Waals surface area contributed by atoms with Crippen LogP contribution in [0.5, 0.6) is 0 Å². The Balaban J connectivity index is 1.43. The Morgan fingerprint density at radius 3 is 1.74 bits per heavy atom. The van der Waals surface area contributed by atoms with Gasteiger partial charge in [0.15, 0.2) is 0 Å². The summed E-state index contributed by atoms with van der Waals surface area (Å²) in [4.78, 5) is 20.1. The Morgan fingerprint density at radius 1 is 0.765 bits per heavy atom. The highest BCUT2D eigenvalue weighted by atomic mass is 16.1. The Labute approximate surface area is 204 Å². The van der Waals surface area contributed by atoms with Gasteiger partial charge in [0.05, 0.1) is 6.04 Å². The molecule has 178 valence electrons. The van der Waals surface area contributed by atoms with Crippen LogP contribution in [0, 0.1) is 0 Å². The lowest BCUT2D eigenvalue weighted by atomic mass is 9.96. The van der Waals surface area contributed by atoms with Crippen LogP contribution in [-0.2, 0) is 4.79 Å². The normalized spacial score (nSPS) is 16.0.